The van der Waals surface area contributed by atoms with Crippen molar-refractivity contribution in [3.05, 3.63) is 60.1 Å². The molecule has 0 aliphatic carbocycles. The predicted octanol–water partition coefficient (Wildman–Crippen LogP) is 2.98. The molecule has 0 spiro atoms. The monoisotopic (exact) mass is 274 g/mol. The number of pyridine rings is 1. The van der Waals surface area contributed by atoms with Crippen LogP contribution in [0.15, 0.2) is 42.9 Å². The number of fused-ring (bicyclic) bond motifs is 1. The van der Waals surface area contributed by atoms with Crippen LogP contribution in [0.2, 0.25) is 0 Å². The number of benzene rings is 1. The Hall–Kier alpha value is -2.76. The van der Waals surface area contributed by atoms with Crippen LogP contribution in [0, 0.1) is 11.6 Å². The Morgan fingerprint density at radius 2 is 2.05 bits per heavy atom. The summed E-state index contributed by atoms with van der Waals surface area (Å²) in [4.78, 5) is 15.1. The Balaban J connectivity index is 2.43. The Morgan fingerprint density at radius 1 is 1.25 bits per heavy atom. The summed E-state index contributed by atoms with van der Waals surface area (Å²) in [6.45, 7) is 0. The Kier molecular flexibility index (Phi) is 2.71. The number of carbonyl (C=O) groups is 1. The van der Waals surface area contributed by atoms with Crippen LogP contribution in [0.25, 0.3) is 16.8 Å². The molecule has 0 atom stereocenters. The molecule has 0 saturated carbocycles. The topological polar surface area (TPSA) is 54.6 Å². The van der Waals surface area contributed by atoms with E-state index in [0.29, 0.717) is 5.56 Å². The lowest BCUT2D eigenvalue weighted by Gasteiger charge is -2.10. The second-order valence-corrected chi connectivity index (χ2v) is 4.22. The number of halogens is 2. The third-order valence-corrected chi connectivity index (χ3v) is 2.98. The van der Waals surface area contributed by atoms with E-state index in [9.17, 15) is 18.7 Å². The smallest absolute Gasteiger partial charge is 0.337 e. The van der Waals surface area contributed by atoms with Crippen molar-refractivity contribution in [1.29, 1.82) is 0 Å². The summed E-state index contributed by atoms with van der Waals surface area (Å²) in [6, 6.07) is 6.38. The number of aromatic carboxylic acids is 1. The summed E-state index contributed by atoms with van der Waals surface area (Å²) in [5.74, 6) is -2.49. The first-order valence-electron chi connectivity index (χ1n) is 5.71. The van der Waals surface area contributed by atoms with Gasteiger partial charge in [0.25, 0.3) is 0 Å². The van der Waals surface area contributed by atoms with Gasteiger partial charge in [0.05, 0.1) is 23.8 Å². The molecular formula is C14H8F2N2O2. The zero-order valence-corrected chi connectivity index (χ0v) is 10.0. The molecule has 0 amide bonds. The summed E-state index contributed by atoms with van der Waals surface area (Å²) >= 11 is 0. The van der Waals surface area contributed by atoms with E-state index in [2.05, 4.69) is 4.98 Å². The van der Waals surface area contributed by atoms with E-state index in [1.165, 1.54) is 35.1 Å². The number of aromatic nitrogens is 2. The van der Waals surface area contributed by atoms with Crippen molar-refractivity contribution < 1.29 is 18.7 Å². The molecule has 3 aromatic rings. The molecular weight excluding hydrogens is 266 g/mol. The van der Waals surface area contributed by atoms with Crippen LogP contribution >= 0.6 is 0 Å². The zero-order chi connectivity index (χ0) is 14.3. The summed E-state index contributed by atoms with van der Waals surface area (Å²) in [5, 5.41) is 9.22. The number of imidazole rings is 1. The van der Waals surface area contributed by atoms with Gasteiger partial charge >= 0.3 is 5.97 Å². The van der Waals surface area contributed by atoms with E-state index in [0.717, 1.165) is 6.07 Å². The van der Waals surface area contributed by atoms with Gasteiger partial charge in [-0.3, -0.25) is 4.40 Å². The molecule has 0 radical (unpaired) electrons. The highest BCUT2D eigenvalue weighted by atomic mass is 19.1. The largest absolute Gasteiger partial charge is 0.478 e. The van der Waals surface area contributed by atoms with E-state index in [-0.39, 0.29) is 16.8 Å². The number of carboxylic acids is 1. The van der Waals surface area contributed by atoms with Gasteiger partial charge < -0.3 is 5.11 Å². The van der Waals surface area contributed by atoms with E-state index < -0.39 is 17.6 Å². The van der Waals surface area contributed by atoms with Gasteiger partial charge in [0.15, 0.2) is 0 Å². The van der Waals surface area contributed by atoms with Crippen LogP contribution in [0.3, 0.4) is 0 Å². The summed E-state index contributed by atoms with van der Waals surface area (Å²) in [6.07, 6.45) is 2.58. The quantitative estimate of drug-likeness (QED) is 0.781. The van der Waals surface area contributed by atoms with Crippen molar-refractivity contribution in [2.45, 2.75) is 0 Å². The number of rotatable bonds is 2. The van der Waals surface area contributed by atoms with Crippen LogP contribution in [0.4, 0.5) is 8.78 Å². The zero-order valence-electron chi connectivity index (χ0n) is 10.0. The average Bonchev–Trinajstić information content (AvgIpc) is 2.88. The molecule has 1 N–H and O–H groups in total. The number of hydrogen-bond acceptors (Lipinski definition) is 2. The summed E-state index contributed by atoms with van der Waals surface area (Å²) < 4.78 is 28.5. The molecule has 3 rings (SSSR count). The maximum atomic E-state index is 13.8. The first kappa shape index (κ1) is 12.3. The molecule has 0 aliphatic heterocycles. The Morgan fingerprint density at radius 3 is 2.75 bits per heavy atom. The fraction of sp³-hybridized carbons (Fsp3) is 0. The third-order valence-electron chi connectivity index (χ3n) is 2.98. The second-order valence-electron chi connectivity index (χ2n) is 4.22. The van der Waals surface area contributed by atoms with E-state index in [4.69, 9.17) is 0 Å². The van der Waals surface area contributed by atoms with Gasteiger partial charge in [-0.15, -0.1) is 0 Å². The molecule has 2 heterocycles. The van der Waals surface area contributed by atoms with Crippen molar-refractivity contribution in [2.75, 3.05) is 0 Å². The normalized spacial score (nSPS) is 10.9. The van der Waals surface area contributed by atoms with Crippen LogP contribution in [-0.4, -0.2) is 20.5 Å². The van der Waals surface area contributed by atoms with Gasteiger partial charge in [-0.05, 0) is 18.2 Å². The van der Waals surface area contributed by atoms with Crippen molar-refractivity contribution >= 4 is 11.5 Å². The molecule has 100 valence electrons. The van der Waals surface area contributed by atoms with Gasteiger partial charge in [-0.1, -0.05) is 12.1 Å². The highest BCUT2D eigenvalue weighted by Crippen LogP contribution is 2.27. The van der Waals surface area contributed by atoms with Crippen molar-refractivity contribution in [1.82, 2.24) is 9.38 Å². The van der Waals surface area contributed by atoms with Crippen molar-refractivity contribution in [2.24, 2.45) is 0 Å². The SMILES string of the molecule is O=C(O)c1cc(F)c2cncn2c1-c1cccc(F)c1. The second kappa shape index (κ2) is 4.41. The van der Waals surface area contributed by atoms with Gasteiger partial charge in [-0.25, -0.2) is 18.6 Å². The van der Waals surface area contributed by atoms with E-state index >= 15 is 0 Å². The molecule has 0 saturated heterocycles. The highest BCUT2D eigenvalue weighted by Gasteiger charge is 2.19. The van der Waals surface area contributed by atoms with Gasteiger partial charge in [-0.2, -0.15) is 0 Å². The minimum absolute atomic E-state index is 0.134. The maximum Gasteiger partial charge on any atom is 0.337 e. The van der Waals surface area contributed by atoms with E-state index in [1.807, 2.05) is 0 Å². The standard InChI is InChI=1S/C14H8F2N2O2/c15-9-3-1-2-8(4-9)13-10(14(19)20)5-11(16)12-6-17-7-18(12)13/h1-7H,(H,19,20). The van der Waals surface area contributed by atoms with Gasteiger partial charge in [0, 0.05) is 5.56 Å². The van der Waals surface area contributed by atoms with Gasteiger partial charge in [0.2, 0.25) is 0 Å². The Bertz CT molecular complexity index is 827. The lowest BCUT2D eigenvalue weighted by molar-refractivity contribution is 0.0696. The lowest BCUT2D eigenvalue weighted by atomic mass is 10.0. The van der Waals surface area contributed by atoms with Crippen molar-refractivity contribution in [3.63, 3.8) is 0 Å². The van der Waals surface area contributed by atoms with Crippen LogP contribution < -0.4 is 0 Å². The first-order chi connectivity index (χ1) is 9.58. The lowest BCUT2D eigenvalue weighted by Crippen LogP contribution is -2.06. The van der Waals surface area contributed by atoms with Crippen molar-refractivity contribution in [3.8, 4) is 11.3 Å². The fourth-order valence-corrected chi connectivity index (χ4v) is 2.14. The molecule has 20 heavy (non-hydrogen) atoms. The predicted molar refractivity (Wildman–Crippen MR) is 67.5 cm³/mol. The first-order valence-corrected chi connectivity index (χ1v) is 5.71. The molecule has 0 bridgehead atoms. The molecule has 2 aromatic heterocycles. The average molecular weight is 274 g/mol. The highest BCUT2D eigenvalue weighted by molar-refractivity contribution is 5.95. The molecule has 0 fully saturated rings. The molecule has 0 unspecified atom stereocenters. The number of carboxylic acid groups (broad SMARTS) is 1. The van der Waals surface area contributed by atoms with Gasteiger partial charge in [0.1, 0.15) is 17.2 Å². The van der Waals surface area contributed by atoms with Crippen LogP contribution in [0.5, 0.6) is 0 Å². The third kappa shape index (κ3) is 1.82. The Labute approximate surface area is 111 Å². The minimum atomic E-state index is -1.29. The molecule has 1 aromatic carbocycles. The number of hydrogen-bond donors (Lipinski definition) is 1. The van der Waals surface area contributed by atoms with Crippen LogP contribution in [0.1, 0.15) is 10.4 Å². The molecule has 6 heteroatoms. The maximum absolute atomic E-state index is 13.8. The van der Waals surface area contributed by atoms with Crippen LogP contribution in [-0.2, 0) is 0 Å². The summed E-state index contributed by atoms with van der Waals surface area (Å²) in [5.41, 5.74) is 0.407. The summed E-state index contributed by atoms with van der Waals surface area (Å²) in [7, 11) is 0. The minimum Gasteiger partial charge on any atom is -0.478 e. The molecule has 0 aliphatic rings. The molecule has 4 nitrogen and oxygen atoms in total. The van der Waals surface area contributed by atoms with E-state index in [1.54, 1.807) is 6.07 Å². The number of nitrogens with zero attached hydrogens (tertiary/aromatic N) is 2. The fourth-order valence-electron chi connectivity index (χ4n) is 2.14.